The van der Waals surface area contributed by atoms with Crippen molar-refractivity contribution >= 4 is 17.3 Å². The average molecular weight is 289 g/mol. The van der Waals surface area contributed by atoms with Gasteiger partial charge in [-0.1, -0.05) is 0 Å². The molecule has 110 valence electrons. The van der Waals surface area contributed by atoms with E-state index >= 15 is 0 Å². The second-order valence-electron chi connectivity index (χ2n) is 4.45. The molecule has 1 aromatic carbocycles. The molecule has 0 aliphatic rings. The van der Waals surface area contributed by atoms with Gasteiger partial charge in [0, 0.05) is 11.8 Å². The summed E-state index contributed by atoms with van der Waals surface area (Å²) in [7, 11) is 1.54. The van der Waals surface area contributed by atoms with Crippen LogP contribution in [0.15, 0.2) is 42.6 Å². The van der Waals surface area contributed by atoms with Crippen molar-refractivity contribution in [2.24, 2.45) is 0 Å². The molecular formula is C15H16FN3O2. The Balaban J connectivity index is 1.93. The highest BCUT2D eigenvalue weighted by Crippen LogP contribution is 2.13. The zero-order chi connectivity index (χ0) is 15.2. The second-order valence-corrected chi connectivity index (χ2v) is 4.45. The van der Waals surface area contributed by atoms with Crippen LogP contribution in [0.1, 0.15) is 6.92 Å². The largest absolute Gasteiger partial charge is 0.481 e. The van der Waals surface area contributed by atoms with E-state index in [1.54, 1.807) is 25.3 Å². The number of halogens is 1. The summed E-state index contributed by atoms with van der Waals surface area (Å²) in [4.78, 5) is 16.1. The number of amides is 1. The maximum atomic E-state index is 12.8. The van der Waals surface area contributed by atoms with E-state index in [0.29, 0.717) is 17.3 Å². The number of rotatable bonds is 5. The Kier molecular flexibility index (Phi) is 4.71. The lowest BCUT2D eigenvalue weighted by atomic mass is 10.2. The Morgan fingerprint density at radius 3 is 2.43 bits per heavy atom. The summed E-state index contributed by atoms with van der Waals surface area (Å²) in [6.07, 6.45) is 1.58. The molecule has 0 bridgehead atoms. The fourth-order valence-corrected chi connectivity index (χ4v) is 1.69. The number of carbonyl (C=O) groups excluding carboxylic acids is 1. The normalized spacial score (nSPS) is 11.6. The number of hydrogen-bond acceptors (Lipinski definition) is 4. The average Bonchev–Trinajstić information content (AvgIpc) is 2.50. The van der Waals surface area contributed by atoms with Crippen LogP contribution in [0.4, 0.5) is 15.8 Å². The van der Waals surface area contributed by atoms with Crippen LogP contribution in [0, 0.1) is 5.82 Å². The predicted octanol–water partition coefficient (Wildman–Crippen LogP) is 2.67. The van der Waals surface area contributed by atoms with Gasteiger partial charge in [-0.2, -0.15) is 0 Å². The molecule has 2 rings (SSSR count). The molecule has 0 aliphatic heterocycles. The number of anilines is 2. The standard InChI is InChI=1S/C15H16FN3O2/c1-10(18-13-7-8-14(21-2)17-9-13)15(20)19-12-5-3-11(16)4-6-12/h3-10,18H,1-2H3,(H,19,20)/t10-/m0/s1. The molecule has 1 aromatic heterocycles. The number of nitrogens with one attached hydrogen (secondary N) is 2. The van der Waals surface area contributed by atoms with Crippen LogP contribution >= 0.6 is 0 Å². The Hall–Kier alpha value is -2.63. The molecule has 1 atom stereocenters. The molecule has 5 nitrogen and oxygen atoms in total. The zero-order valence-corrected chi connectivity index (χ0v) is 11.8. The Morgan fingerprint density at radius 1 is 1.19 bits per heavy atom. The molecule has 0 saturated heterocycles. The van der Waals surface area contributed by atoms with Gasteiger partial charge in [-0.3, -0.25) is 4.79 Å². The lowest BCUT2D eigenvalue weighted by Gasteiger charge is -2.15. The van der Waals surface area contributed by atoms with Crippen molar-refractivity contribution in [1.82, 2.24) is 4.98 Å². The molecular weight excluding hydrogens is 273 g/mol. The minimum Gasteiger partial charge on any atom is -0.481 e. The van der Waals surface area contributed by atoms with Crippen molar-refractivity contribution < 1.29 is 13.9 Å². The fourth-order valence-electron chi connectivity index (χ4n) is 1.69. The van der Waals surface area contributed by atoms with E-state index < -0.39 is 6.04 Å². The van der Waals surface area contributed by atoms with E-state index in [4.69, 9.17) is 4.74 Å². The van der Waals surface area contributed by atoms with Crippen molar-refractivity contribution in [2.45, 2.75) is 13.0 Å². The zero-order valence-electron chi connectivity index (χ0n) is 11.8. The highest BCUT2D eigenvalue weighted by molar-refractivity contribution is 5.96. The predicted molar refractivity (Wildman–Crippen MR) is 78.9 cm³/mol. The quantitative estimate of drug-likeness (QED) is 0.888. The number of methoxy groups -OCH3 is 1. The van der Waals surface area contributed by atoms with E-state index in [1.807, 2.05) is 0 Å². The van der Waals surface area contributed by atoms with Gasteiger partial charge in [-0.05, 0) is 37.3 Å². The molecule has 0 spiro atoms. The van der Waals surface area contributed by atoms with E-state index in [9.17, 15) is 9.18 Å². The summed E-state index contributed by atoms with van der Waals surface area (Å²) < 4.78 is 17.8. The molecule has 1 heterocycles. The van der Waals surface area contributed by atoms with Gasteiger partial charge < -0.3 is 15.4 Å². The Labute approximate surface area is 122 Å². The third kappa shape index (κ3) is 4.17. The van der Waals surface area contributed by atoms with Gasteiger partial charge in [0.25, 0.3) is 0 Å². The van der Waals surface area contributed by atoms with E-state index in [0.717, 1.165) is 0 Å². The first-order valence-corrected chi connectivity index (χ1v) is 6.41. The van der Waals surface area contributed by atoms with Crippen molar-refractivity contribution in [2.75, 3.05) is 17.7 Å². The van der Waals surface area contributed by atoms with Crippen molar-refractivity contribution in [1.29, 1.82) is 0 Å². The van der Waals surface area contributed by atoms with Crippen molar-refractivity contribution in [3.05, 3.63) is 48.4 Å². The maximum Gasteiger partial charge on any atom is 0.246 e. The molecule has 6 heteroatoms. The molecule has 0 unspecified atom stereocenters. The number of benzene rings is 1. The Bertz CT molecular complexity index is 599. The number of pyridine rings is 1. The monoisotopic (exact) mass is 289 g/mol. The van der Waals surface area contributed by atoms with E-state index in [1.165, 1.54) is 31.4 Å². The van der Waals surface area contributed by atoms with Crippen molar-refractivity contribution in [3.8, 4) is 5.88 Å². The van der Waals surface area contributed by atoms with Gasteiger partial charge >= 0.3 is 0 Å². The lowest BCUT2D eigenvalue weighted by molar-refractivity contribution is -0.116. The number of hydrogen-bond donors (Lipinski definition) is 2. The van der Waals surface area contributed by atoms with Gasteiger partial charge in [0.1, 0.15) is 11.9 Å². The summed E-state index contributed by atoms with van der Waals surface area (Å²) in [6.45, 7) is 1.73. The van der Waals surface area contributed by atoms with Crippen LogP contribution in [-0.2, 0) is 4.79 Å². The first kappa shape index (κ1) is 14.8. The second kappa shape index (κ2) is 6.69. The van der Waals surface area contributed by atoms with Crippen LogP contribution in [-0.4, -0.2) is 24.0 Å². The lowest BCUT2D eigenvalue weighted by Crippen LogP contribution is -2.31. The summed E-state index contributed by atoms with van der Waals surface area (Å²) in [5.41, 5.74) is 1.25. The molecule has 0 saturated carbocycles. The fraction of sp³-hybridized carbons (Fsp3) is 0.200. The first-order chi connectivity index (χ1) is 10.1. The molecule has 0 aliphatic carbocycles. The summed E-state index contributed by atoms with van der Waals surface area (Å²) in [5, 5.41) is 5.72. The van der Waals surface area contributed by atoms with E-state index in [-0.39, 0.29) is 11.7 Å². The molecule has 0 radical (unpaired) electrons. The van der Waals surface area contributed by atoms with Gasteiger partial charge in [0.05, 0.1) is 19.0 Å². The summed E-state index contributed by atoms with van der Waals surface area (Å²) in [5.74, 6) is -0.0649. The smallest absolute Gasteiger partial charge is 0.246 e. The minimum atomic E-state index is -0.467. The van der Waals surface area contributed by atoms with E-state index in [2.05, 4.69) is 15.6 Å². The van der Waals surface area contributed by atoms with Crippen molar-refractivity contribution in [3.63, 3.8) is 0 Å². The molecule has 0 fully saturated rings. The highest BCUT2D eigenvalue weighted by Gasteiger charge is 2.13. The molecule has 1 amide bonds. The van der Waals surface area contributed by atoms with Crippen LogP contribution in [0.2, 0.25) is 0 Å². The number of nitrogens with zero attached hydrogens (tertiary/aromatic N) is 1. The summed E-state index contributed by atoms with van der Waals surface area (Å²) in [6, 6.07) is 8.61. The van der Waals surface area contributed by atoms with Gasteiger partial charge in [-0.15, -0.1) is 0 Å². The topological polar surface area (TPSA) is 63.2 Å². The number of aromatic nitrogens is 1. The minimum absolute atomic E-state index is 0.225. The SMILES string of the molecule is COc1ccc(N[C@@H](C)C(=O)Nc2ccc(F)cc2)cn1. The highest BCUT2D eigenvalue weighted by atomic mass is 19.1. The molecule has 2 aromatic rings. The third-order valence-corrected chi connectivity index (χ3v) is 2.83. The Morgan fingerprint density at radius 2 is 1.86 bits per heavy atom. The molecule has 21 heavy (non-hydrogen) atoms. The summed E-state index contributed by atoms with van der Waals surface area (Å²) >= 11 is 0. The van der Waals surface area contributed by atoms with Gasteiger partial charge in [0.15, 0.2) is 0 Å². The maximum absolute atomic E-state index is 12.8. The van der Waals surface area contributed by atoms with Crippen LogP contribution in [0.3, 0.4) is 0 Å². The number of ether oxygens (including phenoxy) is 1. The van der Waals surface area contributed by atoms with Crippen LogP contribution < -0.4 is 15.4 Å². The van der Waals surface area contributed by atoms with Gasteiger partial charge in [-0.25, -0.2) is 9.37 Å². The first-order valence-electron chi connectivity index (χ1n) is 6.41. The number of carbonyl (C=O) groups is 1. The van der Waals surface area contributed by atoms with Crippen LogP contribution in [0.5, 0.6) is 5.88 Å². The third-order valence-electron chi connectivity index (χ3n) is 2.83. The molecule has 2 N–H and O–H groups in total. The van der Waals surface area contributed by atoms with Crippen LogP contribution in [0.25, 0.3) is 0 Å². The van der Waals surface area contributed by atoms with Gasteiger partial charge in [0.2, 0.25) is 11.8 Å².